The lowest BCUT2D eigenvalue weighted by Gasteiger charge is -2.24. The van der Waals surface area contributed by atoms with E-state index < -0.39 is 9.84 Å². The van der Waals surface area contributed by atoms with Gasteiger partial charge in [-0.05, 0) is 37.0 Å². The molecule has 0 bridgehead atoms. The molecule has 2 rings (SSSR count). The third-order valence-electron chi connectivity index (χ3n) is 3.41. The largest absolute Gasteiger partial charge is 0.399 e. The number of nitrogens with zero attached hydrogens (tertiary/aromatic N) is 1. The molecule has 5 nitrogen and oxygen atoms in total. The fourth-order valence-electron chi connectivity index (χ4n) is 2.30. The molecule has 0 radical (unpaired) electrons. The van der Waals surface area contributed by atoms with E-state index >= 15 is 0 Å². The standard InChI is InChI=1S/C15H22N2O3S/c1-10(2)9-17(13-4-5-13)15(18)11-6-12(16)8-14(7-11)21(3,19)20/h6-8,10,13H,4-5,9,16H2,1-3H3. The summed E-state index contributed by atoms with van der Waals surface area (Å²) in [4.78, 5) is 14.6. The van der Waals surface area contributed by atoms with E-state index in [1.165, 1.54) is 12.1 Å². The number of rotatable bonds is 5. The number of sulfone groups is 1. The van der Waals surface area contributed by atoms with Crippen LogP contribution in [-0.2, 0) is 9.84 Å². The van der Waals surface area contributed by atoms with E-state index in [1.54, 1.807) is 6.07 Å². The molecule has 1 amide bonds. The molecule has 0 saturated heterocycles. The Kier molecular flexibility index (Phi) is 4.27. The van der Waals surface area contributed by atoms with Gasteiger partial charge in [0.15, 0.2) is 9.84 Å². The second-order valence-corrected chi connectivity index (χ2v) is 8.16. The van der Waals surface area contributed by atoms with Gasteiger partial charge in [-0.15, -0.1) is 0 Å². The van der Waals surface area contributed by atoms with E-state index in [4.69, 9.17) is 5.73 Å². The molecule has 0 aromatic heterocycles. The van der Waals surface area contributed by atoms with Crippen molar-refractivity contribution in [3.05, 3.63) is 23.8 Å². The quantitative estimate of drug-likeness (QED) is 0.843. The summed E-state index contributed by atoms with van der Waals surface area (Å²) in [5.74, 6) is 0.230. The number of carbonyl (C=O) groups is 1. The molecule has 21 heavy (non-hydrogen) atoms. The fraction of sp³-hybridized carbons (Fsp3) is 0.533. The number of hydrogen-bond donors (Lipinski definition) is 1. The minimum absolute atomic E-state index is 0.0890. The average Bonchev–Trinajstić information content (AvgIpc) is 3.17. The van der Waals surface area contributed by atoms with Gasteiger partial charge in [0, 0.05) is 30.1 Å². The Balaban J connectivity index is 2.35. The van der Waals surface area contributed by atoms with Gasteiger partial charge in [0.25, 0.3) is 5.91 Å². The Morgan fingerprint density at radius 2 is 1.95 bits per heavy atom. The highest BCUT2D eigenvalue weighted by Crippen LogP contribution is 2.30. The maximum atomic E-state index is 12.7. The summed E-state index contributed by atoms with van der Waals surface area (Å²) in [6, 6.07) is 4.63. The topological polar surface area (TPSA) is 80.5 Å². The molecule has 1 aromatic carbocycles. The molecule has 1 aliphatic carbocycles. The van der Waals surface area contributed by atoms with Crippen LogP contribution in [0.1, 0.15) is 37.0 Å². The lowest BCUT2D eigenvalue weighted by atomic mass is 10.1. The van der Waals surface area contributed by atoms with E-state index in [0.717, 1.165) is 19.1 Å². The summed E-state index contributed by atoms with van der Waals surface area (Å²) in [7, 11) is -3.39. The van der Waals surface area contributed by atoms with Crippen molar-refractivity contribution >= 4 is 21.4 Å². The van der Waals surface area contributed by atoms with Crippen LogP contribution in [-0.4, -0.2) is 38.1 Å². The number of anilines is 1. The van der Waals surface area contributed by atoms with E-state index in [0.29, 0.717) is 23.7 Å². The van der Waals surface area contributed by atoms with Crippen LogP contribution >= 0.6 is 0 Å². The van der Waals surface area contributed by atoms with E-state index in [9.17, 15) is 13.2 Å². The van der Waals surface area contributed by atoms with Crippen LogP contribution in [0.3, 0.4) is 0 Å². The van der Waals surface area contributed by atoms with E-state index in [1.807, 2.05) is 4.90 Å². The Morgan fingerprint density at radius 3 is 2.43 bits per heavy atom. The average molecular weight is 310 g/mol. The highest BCUT2D eigenvalue weighted by Gasteiger charge is 2.33. The first kappa shape index (κ1) is 15.8. The number of carbonyl (C=O) groups excluding carboxylic acids is 1. The molecule has 0 aliphatic heterocycles. The van der Waals surface area contributed by atoms with Gasteiger partial charge in [0.05, 0.1) is 4.90 Å². The second kappa shape index (κ2) is 5.67. The molecule has 116 valence electrons. The Hall–Kier alpha value is -1.56. The molecule has 6 heteroatoms. The maximum absolute atomic E-state index is 12.7. The first-order valence-electron chi connectivity index (χ1n) is 7.10. The molecular weight excluding hydrogens is 288 g/mol. The molecule has 2 N–H and O–H groups in total. The monoisotopic (exact) mass is 310 g/mol. The van der Waals surface area contributed by atoms with Crippen molar-refractivity contribution in [2.24, 2.45) is 5.92 Å². The zero-order valence-electron chi connectivity index (χ0n) is 12.7. The van der Waals surface area contributed by atoms with Crippen LogP contribution in [0.2, 0.25) is 0 Å². The Labute approximate surface area is 126 Å². The molecule has 1 saturated carbocycles. The molecular formula is C15H22N2O3S. The summed E-state index contributed by atoms with van der Waals surface area (Å²) >= 11 is 0. The predicted octanol–water partition coefficient (Wildman–Crippen LogP) is 1.93. The highest BCUT2D eigenvalue weighted by molar-refractivity contribution is 7.90. The predicted molar refractivity (Wildman–Crippen MR) is 82.9 cm³/mol. The second-order valence-electron chi connectivity index (χ2n) is 6.15. The number of nitrogen functional groups attached to an aromatic ring is 1. The van der Waals surface area contributed by atoms with Gasteiger partial charge in [-0.1, -0.05) is 13.8 Å². The minimum Gasteiger partial charge on any atom is -0.399 e. The van der Waals surface area contributed by atoms with E-state index in [2.05, 4.69) is 13.8 Å². The zero-order chi connectivity index (χ0) is 15.8. The normalized spacial score (nSPS) is 15.2. The molecule has 0 atom stereocenters. The lowest BCUT2D eigenvalue weighted by Crippen LogP contribution is -2.36. The van der Waals surface area contributed by atoms with Crippen LogP contribution in [0, 0.1) is 5.92 Å². The van der Waals surface area contributed by atoms with Crippen molar-refractivity contribution in [2.75, 3.05) is 18.5 Å². The summed E-state index contributed by atoms with van der Waals surface area (Å²) in [6.45, 7) is 4.79. The van der Waals surface area contributed by atoms with Crippen molar-refractivity contribution in [1.29, 1.82) is 0 Å². The number of hydrogen-bond acceptors (Lipinski definition) is 4. The van der Waals surface area contributed by atoms with Crippen LogP contribution < -0.4 is 5.73 Å². The van der Waals surface area contributed by atoms with Crippen LogP contribution in [0.4, 0.5) is 5.69 Å². The number of amides is 1. The van der Waals surface area contributed by atoms with Gasteiger partial charge < -0.3 is 10.6 Å². The molecule has 1 aliphatic rings. The molecule has 0 unspecified atom stereocenters. The SMILES string of the molecule is CC(C)CN(C(=O)c1cc(N)cc(S(C)(=O)=O)c1)C1CC1. The van der Waals surface area contributed by atoms with Crippen LogP contribution in [0.5, 0.6) is 0 Å². The van der Waals surface area contributed by atoms with Gasteiger partial charge in [-0.25, -0.2) is 8.42 Å². The van der Waals surface area contributed by atoms with Crippen LogP contribution in [0.25, 0.3) is 0 Å². The first-order valence-corrected chi connectivity index (χ1v) is 8.99. The molecule has 1 fully saturated rings. The van der Waals surface area contributed by atoms with Crippen molar-refractivity contribution in [1.82, 2.24) is 4.90 Å². The minimum atomic E-state index is -3.39. The van der Waals surface area contributed by atoms with Gasteiger partial charge in [0.2, 0.25) is 0 Å². The highest BCUT2D eigenvalue weighted by atomic mass is 32.2. The Morgan fingerprint density at radius 1 is 1.33 bits per heavy atom. The van der Waals surface area contributed by atoms with Gasteiger partial charge in [-0.3, -0.25) is 4.79 Å². The fourth-order valence-corrected chi connectivity index (χ4v) is 2.99. The van der Waals surface area contributed by atoms with Gasteiger partial charge in [0.1, 0.15) is 0 Å². The van der Waals surface area contributed by atoms with Gasteiger partial charge >= 0.3 is 0 Å². The number of benzene rings is 1. The third kappa shape index (κ3) is 3.97. The molecule has 1 aromatic rings. The summed E-state index contributed by atoms with van der Waals surface area (Å²) < 4.78 is 23.3. The third-order valence-corrected chi connectivity index (χ3v) is 4.51. The molecule has 0 heterocycles. The number of nitrogens with two attached hydrogens (primary N) is 1. The lowest BCUT2D eigenvalue weighted by molar-refractivity contribution is 0.0722. The van der Waals surface area contributed by atoms with Crippen molar-refractivity contribution in [3.8, 4) is 0 Å². The summed E-state index contributed by atoms with van der Waals surface area (Å²) in [6.07, 6.45) is 3.14. The van der Waals surface area contributed by atoms with Crippen LogP contribution in [0.15, 0.2) is 23.1 Å². The summed E-state index contributed by atoms with van der Waals surface area (Å²) in [5.41, 5.74) is 6.39. The molecule has 0 spiro atoms. The smallest absolute Gasteiger partial charge is 0.254 e. The Bertz CT molecular complexity index is 649. The maximum Gasteiger partial charge on any atom is 0.254 e. The summed E-state index contributed by atoms with van der Waals surface area (Å²) in [5, 5.41) is 0. The zero-order valence-corrected chi connectivity index (χ0v) is 13.5. The van der Waals surface area contributed by atoms with Gasteiger partial charge in [-0.2, -0.15) is 0 Å². The van der Waals surface area contributed by atoms with Crippen molar-refractivity contribution in [3.63, 3.8) is 0 Å². The first-order chi connectivity index (χ1) is 9.68. The van der Waals surface area contributed by atoms with E-state index in [-0.39, 0.29) is 16.8 Å². The van der Waals surface area contributed by atoms with Crippen molar-refractivity contribution < 1.29 is 13.2 Å². The van der Waals surface area contributed by atoms with Crippen molar-refractivity contribution in [2.45, 2.75) is 37.6 Å².